The Morgan fingerprint density at radius 1 is 0.915 bits per heavy atom. The summed E-state index contributed by atoms with van der Waals surface area (Å²) in [6.07, 6.45) is 19.9. The van der Waals surface area contributed by atoms with E-state index in [0.717, 1.165) is 103 Å². The second-order valence-electron chi connectivity index (χ2n) is 13.4. The summed E-state index contributed by atoms with van der Waals surface area (Å²) in [6, 6.07) is 16.5. The van der Waals surface area contributed by atoms with Crippen molar-refractivity contribution in [1.29, 1.82) is 0 Å². The summed E-state index contributed by atoms with van der Waals surface area (Å²) in [6.45, 7) is 9.90. The smallest absolute Gasteiger partial charge is 0.158 e. The number of aromatic nitrogens is 2. The van der Waals surface area contributed by atoms with Crippen LogP contribution in [-0.4, -0.2) is 46.2 Å². The number of aliphatic imine (C=N–C) groups is 1. The number of carbonyl (C=O) groups excluding carboxylic acids is 1. The van der Waals surface area contributed by atoms with Crippen molar-refractivity contribution in [3.05, 3.63) is 95.7 Å². The lowest BCUT2D eigenvalue weighted by Crippen LogP contribution is -2.36. The van der Waals surface area contributed by atoms with E-state index in [0.29, 0.717) is 11.8 Å². The molecule has 1 fully saturated rings. The minimum atomic E-state index is 0.00249. The number of piperidine rings is 1. The summed E-state index contributed by atoms with van der Waals surface area (Å²) in [5.74, 6) is 2.65. The Labute approximate surface area is 280 Å². The molecule has 0 radical (unpaired) electrons. The maximum atomic E-state index is 12.9. The standard InChI is InChI=1S/C41H48N4O2/c1-4-45-25-23-31(24-26-45)37-13-10-9-12-33-27-34(16-15-32-11-7-5-6-8-14-40(32)46)41(28-39(33)42-37)47-35-19-17-30(18-20-35)38-22-21-36(29(2)3)43-44-38/h5-6,8-9,12,14,17-22,27-29,31-32H,4,7,10-11,13,15-16,23-26H2,1-3H3. The molecule has 3 aromatic rings. The molecule has 2 aliphatic heterocycles. The molecule has 47 heavy (non-hydrogen) atoms. The van der Waals surface area contributed by atoms with Gasteiger partial charge in [0.05, 0.1) is 17.1 Å². The molecule has 1 aromatic heterocycles. The van der Waals surface area contributed by atoms with Gasteiger partial charge in [0.15, 0.2) is 5.78 Å². The Bertz CT molecular complexity index is 1640. The van der Waals surface area contributed by atoms with E-state index in [1.807, 2.05) is 48.6 Å². The summed E-state index contributed by atoms with van der Waals surface area (Å²) in [5.41, 5.74) is 7.35. The van der Waals surface area contributed by atoms with E-state index in [4.69, 9.17) is 9.73 Å². The Balaban J connectivity index is 1.29. The van der Waals surface area contributed by atoms with Gasteiger partial charge in [0.1, 0.15) is 11.5 Å². The Kier molecular flexibility index (Phi) is 10.9. The normalized spacial score (nSPS) is 19.1. The van der Waals surface area contributed by atoms with Crippen molar-refractivity contribution in [2.45, 2.75) is 78.1 Å². The number of hydrogen-bond acceptors (Lipinski definition) is 6. The highest BCUT2D eigenvalue weighted by molar-refractivity contribution is 5.92. The molecular formula is C41H48N4O2. The number of nitrogens with zero attached hydrogens (tertiary/aromatic N) is 4. The lowest BCUT2D eigenvalue weighted by atomic mass is 9.88. The number of allylic oxidation sites excluding steroid dienone is 5. The molecule has 3 aliphatic rings. The Morgan fingerprint density at radius 3 is 2.49 bits per heavy atom. The molecule has 6 rings (SSSR count). The van der Waals surface area contributed by atoms with Crippen LogP contribution < -0.4 is 4.74 Å². The number of ether oxygens (including phenoxy) is 1. The molecule has 0 amide bonds. The van der Waals surface area contributed by atoms with Crippen LogP contribution in [0.4, 0.5) is 5.69 Å². The first-order valence-electron chi connectivity index (χ1n) is 17.6. The van der Waals surface area contributed by atoms with E-state index in [9.17, 15) is 4.79 Å². The van der Waals surface area contributed by atoms with E-state index < -0.39 is 0 Å². The summed E-state index contributed by atoms with van der Waals surface area (Å²) >= 11 is 0. The van der Waals surface area contributed by atoms with Gasteiger partial charge in [-0.3, -0.25) is 9.79 Å². The van der Waals surface area contributed by atoms with Crippen LogP contribution in [0.15, 0.2) is 83.9 Å². The monoisotopic (exact) mass is 628 g/mol. The maximum absolute atomic E-state index is 12.9. The predicted molar refractivity (Wildman–Crippen MR) is 193 cm³/mol. The lowest BCUT2D eigenvalue weighted by molar-refractivity contribution is -0.118. The van der Waals surface area contributed by atoms with Gasteiger partial charge in [0.25, 0.3) is 0 Å². The highest BCUT2D eigenvalue weighted by Crippen LogP contribution is 2.38. The summed E-state index contributed by atoms with van der Waals surface area (Å²) < 4.78 is 6.66. The number of carbonyl (C=O) groups is 1. The van der Waals surface area contributed by atoms with Gasteiger partial charge in [-0.25, -0.2) is 0 Å². The number of aryl methyl sites for hydroxylation is 1. The molecule has 1 atom stereocenters. The highest BCUT2D eigenvalue weighted by atomic mass is 16.5. The first-order valence-corrected chi connectivity index (χ1v) is 17.6. The zero-order valence-corrected chi connectivity index (χ0v) is 28.2. The second kappa shape index (κ2) is 15.6. The first-order chi connectivity index (χ1) is 23.0. The van der Waals surface area contributed by atoms with Crippen LogP contribution in [0.3, 0.4) is 0 Å². The number of fused-ring (bicyclic) bond motifs is 1. The third kappa shape index (κ3) is 8.41. The molecule has 0 spiro atoms. The van der Waals surface area contributed by atoms with Crippen molar-refractivity contribution >= 4 is 23.3 Å². The van der Waals surface area contributed by atoms with Gasteiger partial charge in [-0.2, -0.15) is 10.2 Å². The van der Waals surface area contributed by atoms with Gasteiger partial charge in [-0.1, -0.05) is 51.2 Å². The summed E-state index contributed by atoms with van der Waals surface area (Å²) in [4.78, 5) is 20.8. The fourth-order valence-corrected chi connectivity index (χ4v) is 6.83. The van der Waals surface area contributed by atoms with Crippen LogP contribution in [-0.2, 0) is 11.2 Å². The lowest BCUT2D eigenvalue weighted by Gasteiger charge is -2.32. The molecule has 1 saturated heterocycles. The van der Waals surface area contributed by atoms with Crippen LogP contribution in [0.25, 0.3) is 17.3 Å². The molecular weight excluding hydrogens is 580 g/mol. The topological polar surface area (TPSA) is 67.7 Å². The van der Waals surface area contributed by atoms with Gasteiger partial charge in [-0.15, -0.1) is 0 Å². The first kappa shape index (κ1) is 32.8. The zero-order valence-electron chi connectivity index (χ0n) is 28.2. The molecule has 1 aliphatic carbocycles. The van der Waals surface area contributed by atoms with Crippen LogP contribution in [0, 0.1) is 11.8 Å². The van der Waals surface area contributed by atoms with Gasteiger partial charge < -0.3 is 9.64 Å². The molecule has 0 N–H and O–H groups in total. The van der Waals surface area contributed by atoms with E-state index in [-0.39, 0.29) is 11.7 Å². The third-order valence-corrected chi connectivity index (χ3v) is 9.85. The summed E-state index contributed by atoms with van der Waals surface area (Å²) in [7, 11) is 0. The molecule has 6 heteroatoms. The van der Waals surface area contributed by atoms with E-state index in [1.165, 1.54) is 18.6 Å². The zero-order chi connectivity index (χ0) is 32.6. The summed E-state index contributed by atoms with van der Waals surface area (Å²) in [5, 5.41) is 8.85. The fourth-order valence-electron chi connectivity index (χ4n) is 6.83. The van der Waals surface area contributed by atoms with Crippen LogP contribution in [0.2, 0.25) is 0 Å². The van der Waals surface area contributed by atoms with Crippen LogP contribution >= 0.6 is 0 Å². The maximum Gasteiger partial charge on any atom is 0.158 e. The molecule has 1 unspecified atom stereocenters. The van der Waals surface area contributed by atoms with Gasteiger partial charge in [0, 0.05) is 28.8 Å². The van der Waals surface area contributed by atoms with Crippen LogP contribution in [0.1, 0.15) is 88.5 Å². The van der Waals surface area contributed by atoms with Gasteiger partial charge in [-0.05, 0) is 137 Å². The predicted octanol–water partition coefficient (Wildman–Crippen LogP) is 9.69. The minimum absolute atomic E-state index is 0.00249. The molecule has 2 aromatic carbocycles. The van der Waals surface area contributed by atoms with Crippen molar-refractivity contribution < 1.29 is 9.53 Å². The fraction of sp³-hybridized carbons (Fsp3) is 0.415. The number of hydrogen-bond donors (Lipinski definition) is 0. The molecule has 244 valence electrons. The Hall–Kier alpha value is -4.16. The number of rotatable bonds is 9. The quantitative estimate of drug-likeness (QED) is 0.236. The third-order valence-electron chi connectivity index (χ3n) is 9.85. The second-order valence-corrected chi connectivity index (χ2v) is 13.4. The Morgan fingerprint density at radius 2 is 1.74 bits per heavy atom. The SMILES string of the molecule is CCN1CCC(C2=Nc3cc(Oc4ccc(-c5ccc(C(C)C)nn5)cc4)c(CCC4CCC=CC=CC4=O)cc3C=CCC2)CC1. The highest BCUT2D eigenvalue weighted by Gasteiger charge is 2.24. The number of ketones is 1. The van der Waals surface area contributed by atoms with Crippen molar-refractivity contribution in [3.63, 3.8) is 0 Å². The largest absolute Gasteiger partial charge is 0.457 e. The van der Waals surface area contributed by atoms with Crippen molar-refractivity contribution in [3.8, 4) is 22.8 Å². The number of likely N-dealkylation sites (tertiary alicyclic amines) is 1. The molecule has 6 nitrogen and oxygen atoms in total. The molecule has 0 saturated carbocycles. The van der Waals surface area contributed by atoms with E-state index in [2.05, 4.69) is 66.2 Å². The minimum Gasteiger partial charge on any atom is -0.457 e. The van der Waals surface area contributed by atoms with E-state index >= 15 is 0 Å². The van der Waals surface area contributed by atoms with E-state index in [1.54, 1.807) is 6.08 Å². The van der Waals surface area contributed by atoms with Gasteiger partial charge >= 0.3 is 0 Å². The molecule has 3 heterocycles. The van der Waals surface area contributed by atoms with Crippen LogP contribution in [0.5, 0.6) is 11.5 Å². The average Bonchev–Trinajstić information content (AvgIpc) is 3.08. The average molecular weight is 629 g/mol. The molecule has 0 bridgehead atoms. The van der Waals surface area contributed by atoms with Crippen molar-refractivity contribution in [2.24, 2.45) is 16.8 Å². The van der Waals surface area contributed by atoms with Crippen molar-refractivity contribution in [1.82, 2.24) is 15.1 Å². The number of benzene rings is 2. The van der Waals surface area contributed by atoms with Gasteiger partial charge in [0.2, 0.25) is 0 Å². The van der Waals surface area contributed by atoms with Crippen molar-refractivity contribution in [2.75, 3.05) is 19.6 Å².